The number of morpholine rings is 1. The number of halogens is 5. The van der Waals surface area contributed by atoms with Crippen LogP contribution in [0, 0.1) is 0 Å². The Labute approximate surface area is 96.0 Å². The summed E-state index contributed by atoms with van der Waals surface area (Å²) in [4.78, 5) is 0.387. The van der Waals surface area contributed by atoms with Gasteiger partial charge >= 0.3 is 12.0 Å². The molecule has 1 saturated heterocycles. The second-order valence-electron chi connectivity index (χ2n) is 3.72. The quantitative estimate of drug-likeness (QED) is 0.437. The highest BCUT2D eigenvalue weighted by Gasteiger charge is 2.57. The normalized spacial score (nSPS) is 22.0. The molecule has 0 aromatic carbocycles. The Balaban J connectivity index is 2.80. The molecule has 2 nitrogen and oxygen atoms in total. The molecule has 17 heavy (non-hydrogen) atoms. The molecule has 0 N–H and O–H groups in total. The van der Waals surface area contributed by atoms with E-state index in [1.165, 1.54) is 6.92 Å². The van der Waals surface area contributed by atoms with Gasteiger partial charge in [0, 0.05) is 13.1 Å². The molecule has 0 spiro atoms. The van der Waals surface area contributed by atoms with Crippen molar-refractivity contribution in [1.82, 2.24) is 4.90 Å². The predicted molar refractivity (Wildman–Crippen MR) is 52.0 cm³/mol. The highest BCUT2D eigenvalue weighted by Crippen LogP contribution is 2.37. The summed E-state index contributed by atoms with van der Waals surface area (Å²) in [5, 5.41) is 0. The van der Waals surface area contributed by atoms with Gasteiger partial charge in [0.1, 0.15) is 0 Å². The lowest BCUT2D eigenvalue weighted by molar-refractivity contribution is -0.248. The lowest BCUT2D eigenvalue weighted by atomic mass is 10.1. The smallest absolute Gasteiger partial charge is 0.342 e. The molecule has 1 heterocycles. The maximum atomic E-state index is 13.5. The monoisotopic (exact) mass is 259 g/mol. The number of hydrogen-bond donors (Lipinski definition) is 0. The Morgan fingerprint density at radius 3 is 2.18 bits per heavy atom. The fraction of sp³-hybridized carbons (Fsp3) is 0.800. The van der Waals surface area contributed by atoms with E-state index in [9.17, 15) is 22.0 Å². The van der Waals surface area contributed by atoms with Crippen LogP contribution >= 0.6 is 0 Å². The Kier molecular flexibility index (Phi) is 4.48. The molecular weight excluding hydrogens is 245 g/mol. The molecule has 0 bridgehead atoms. The zero-order valence-electron chi connectivity index (χ0n) is 9.31. The molecular formula is C10H14F5NO. The van der Waals surface area contributed by atoms with Gasteiger partial charge in [0.15, 0.2) is 0 Å². The minimum atomic E-state index is -4.20. The zero-order valence-corrected chi connectivity index (χ0v) is 9.31. The van der Waals surface area contributed by atoms with E-state index in [4.69, 9.17) is 4.74 Å². The summed E-state index contributed by atoms with van der Waals surface area (Å²) in [6.45, 7) is 0.654. The van der Waals surface area contributed by atoms with E-state index < -0.39 is 18.1 Å². The van der Waals surface area contributed by atoms with Gasteiger partial charge in [-0.05, 0) is 13.0 Å². The van der Waals surface area contributed by atoms with E-state index in [0.29, 0.717) is 4.90 Å². The first-order chi connectivity index (χ1) is 7.82. The highest BCUT2D eigenvalue weighted by molar-refractivity contribution is 5.02. The minimum Gasteiger partial charge on any atom is -0.379 e. The van der Waals surface area contributed by atoms with Crippen molar-refractivity contribution in [3.63, 3.8) is 0 Å². The molecule has 1 rings (SSSR count). The Hall–Kier alpha value is -0.690. The maximum absolute atomic E-state index is 13.5. The van der Waals surface area contributed by atoms with Gasteiger partial charge in [-0.15, -0.1) is 0 Å². The molecule has 1 aliphatic rings. The van der Waals surface area contributed by atoms with Crippen LogP contribution in [0.5, 0.6) is 0 Å². The van der Waals surface area contributed by atoms with Crippen LogP contribution in [-0.4, -0.2) is 49.3 Å². The van der Waals surface area contributed by atoms with Crippen molar-refractivity contribution in [2.45, 2.75) is 25.1 Å². The molecule has 1 fully saturated rings. The maximum Gasteiger partial charge on any atom is 0.342 e. The molecule has 1 aliphatic heterocycles. The van der Waals surface area contributed by atoms with Gasteiger partial charge in [-0.25, -0.2) is 9.29 Å². The third kappa shape index (κ3) is 3.16. The number of allylic oxidation sites excluding steroid dienone is 2. The van der Waals surface area contributed by atoms with Gasteiger partial charge in [0.05, 0.1) is 13.2 Å². The molecule has 0 aromatic heterocycles. The van der Waals surface area contributed by atoms with Gasteiger partial charge in [-0.2, -0.15) is 17.6 Å². The van der Waals surface area contributed by atoms with Crippen LogP contribution in [-0.2, 0) is 4.74 Å². The Morgan fingerprint density at radius 2 is 1.71 bits per heavy atom. The van der Waals surface area contributed by atoms with Crippen LogP contribution in [0.2, 0.25) is 0 Å². The van der Waals surface area contributed by atoms with E-state index >= 15 is 0 Å². The first-order valence-corrected chi connectivity index (χ1v) is 5.18. The van der Waals surface area contributed by atoms with Crippen LogP contribution in [0.4, 0.5) is 22.0 Å². The summed E-state index contributed by atoms with van der Waals surface area (Å²) in [5.41, 5.74) is 0. The first kappa shape index (κ1) is 14.4. The van der Waals surface area contributed by atoms with E-state index in [2.05, 4.69) is 0 Å². The summed E-state index contributed by atoms with van der Waals surface area (Å²) in [6, 6.07) is -4.20. The van der Waals surface area contributed by atoms with Crippen LogP contribution in [0.3, 0.4) is 0 Å². The molecule has 0 amide bonds. The standard InChI is InChI=1S/C10H14F5NO/c1-2-3-9(12,13)8(11)10(14,15)16-4-6-17-7-5-16/h2-3,8H,4-7H2,1H3/b3-2-. The third-order valence-corrected chi connectivity index (χ3v) is 2.46. The molecule has 0 aliphatic carbocycles. The average Bonchev–Trinajstić information content (AvgIpc) is 2.29. The summed E-state index contributed by atoms with van der Waals surface area (Å²) in [7, 11) is 0. The van der Waals surface area contributed by atoms with Crippen LogP contribution < -0.4 is 0 Å². The van der Waals surface area contributed by atoms with Crippen molar-refractivity contribution in [2.75, 3.05) is 26.3 Å². The van der Waals surface area contributed by atoms with Gasteiger partial charge in [-0.1, -0.05) is 6.08 Å². The SMILES string of the molecule is C/C=C\C(F)(F)C(F)C(F)(F)N1CCOCC1. The minimum absolute atomic E-state index is 0.0164. The van der Waals surface area contributed by atoms with Crippen molar-refractivity contribution in [3.05, 3.63) is 12.2 Å². The van der Waals surface area contributed by atoms with Gasteiger partial charge in [-0.3, -0.25) is 0 Å². The second-order valence-corrected chi connectivity index (χ2v) is 3.72. The first-order valence-electron chi connectivity index (χ1n) is 5.18. The summed E-state index contributed by atoms with van der Waals surface area (Å²) in [5.74, 6) is -4.18. The van der Waals surface area contributed by atoms with E-state index in [-0.39, 0.29) is 32.4 Å². The predicted octanol–water partition coefficient (Wildman–Crippen LogP) is 2.46. The lowest BCUT2D eigenvalue weighted by Crippen LogP contribution is -2.57. The van der Waals surface area contributed by atoms with Crippen LogP contribution in [0.15, 0.2) is 12.2 Å². The molecule has 0 radical (unpaired) electrons. The summed E-state index contributed by atoms with van der Waals surface area (Å²) < 4.78 is 71.2. The average molecular weight is 259 g/mol. The number of hydrogen-bond acceptors (Lipinski definition) is 2. The number of ether oxygens (including phenoxy) is 1. The van der Waals surface area contributed by atoms with Crippen LogP contribution in [0.1, 0.15) is 6.92 Å². The van der Waals surface area contributed by atoms with Crippen molar-refractivity contribution in [1.29, 1.82) is 0 Å². The Bertz CT molecular complexity index is 276. The van der Waals surface area contributed by atoms with Gasteiger partial charge in [0.25, 0.3) is 0 Å². The van der Waals surface area contributed by atoms with Crippen molar-refractivity contribution in [2.24, 2.45) is 0 Å². The lowest BCUT2D eigenvalue weighted by Gasteiger charge is -2.37. The summed E-state index contributed by atoms with van der Waals surface area (Å²) in [6.07, 6.45) is -2.57. The number of nitrogens with zero attached hydrogens (tertiary/aromatic N) is 1. The highest BCUT2D eigenvalue weighted by atomic mass is 19.3. The fourth-order valence-electron chi connectivity index (χ4n) is 1.56. The van der Waals surface area contributed by atoms with Crippen molar-refractivity contribution >= 4 is 0 Å². The molecule has 1 unspecified atom stereocenters. The third-order valence-electron chi connectivity index (χ3n) is 2.46. The van der Waals surface area contributed by atoms with Crippen molar-refractivity contribution in [3.8, 4) is 0 Å². The molecule has 0 aromatic rings. The van der Waals surface area contributed by atoms with E-state index in [1.807, 2.05) is 0 Å². The molecule has 0 saturated carbocycles. The van der Waals surface area contributed by atoms with Gasteiger partial charge in [0.2, 0.25) is 6.17 Å². The second kappa shape index (κ2) is 5.30. The van der Waals surface area contributed by atoms with Gasteiger partial charge < -0.3 is 4.74 Å². The Morgan fingerprint density at radius 1 is 1.18 bits per heavy atom. The van der Waals surface area contributed by atoms with E-state index in [1.54, 1.807) is 0 Å². The summed E-state index contributed by atoms with van der Waals surface area (Å²) >= 11 is 0. The molecule has 1 atom stereocenters. The van der Waals surface area contributed by atoms with Crippen LogP contribution in [0.25, 0.3) is 0 Å². The zero-order chi connectivity index (χ0) is 13.1. The van der Waals surface area contributed by atoms with E-state index in [0.717, 1.165) is 6.08 Å². The molecule has 7 heteroatoms. The van der Waals surface area contributed by atoms with Crippen molar-refractivity contribution < 1.29 is 26.7 Å². The number of alkyl halides is 5. The fourth-order valence-corrected chi connectivity index (χ4v) is 1.56. The largest absolute Gasteiger partial charge is 0.379 e. The number of rotatable bonds is 4. The topological polar surface area (TPSA) is 12.5 Å². The molecule has 100 valence electrons.